The van der Waals surface area contributed by atoms with Crippen LogP contribution >= 0.6 is 0 Å². The highest BCUT2D eigenvalue weighted by molar-refractivity contribution is 7.86. The minimum atomic E-state index is -4.06. The normalized spacial score (nSPS) is 14.4. The predicted molar refractivity (Wildman–Crippen MR) is 116 cm³/mol. The molecule has 0 amide bonds. The molecule has 0 spiro atoms. The van der Waals surface area contributed by atoms with E-state index in [1.165, 1.54) is 64.2 Å². The van der Waals surface area contributed by atoms with E-state index >= 15 is 0 Å². The lowest BCUT2D eigenvalue weighted by molar-refractivity contribution is 0.147. The zero-order valence-electron chi connectivity index (χ0n) is 18.0. The molecule has 0 aliphatic heterocycles. The number of aliphatic hydroxyl groups is 1. The molecule has 0 saturated carbocycles. The van der Waals surface area contributed by atoms with Gasteiger partial charge in [0.25, 0.3) is 10.1 Å². The van der Waals surface area contributed by atoms with Crippen LogP contribution in [-0.4, -0.2) is 29.4 Å². The minimum Gasteiger partial charge on any atom is -0.393 e. The van der Waals surface area contributed by atoms with Gasteiger partial charge in [-0.2, -0.15) is 8.42 Å². The van der Waals surface area contributed by atoms with E-state index in [1.54, 1.807) is 0 Å². The standard InChI is InChI=1S/C22H46O4S/c1-3-5-7-8-9-10-11-12-13-14-15-16-17-19-22(27(24,25)26)20-21(23)18-6-4-2/h21-23H,3-20H2,1-2H3,(H,24,25,26). The summed E-state index contributed by atoms with van der Waals surface area (Å²) in [5.41, 5.74) is 0. The molecule has 2 N–H and O–H groups in total. The van der Waals surface area contributed by atoms with Crippen molar-refractivity contribution >= 4 is 10.1 Å². The Morgan fingerprint density at radius 3 is 1.44 bits per heavy atom. The van der Waals surface area contributed by atoms with Crippen LogP contribution in [-0.2, 0) is 10.1 Å². The second kappa shape index (κ2) is 17.9. The molecule has 5 heteroatoms. The van der Waals surface area contributed by atoms with E-state index < -0.39 is 21.5 Å². The predicted octanol–water partition coefficient (Wildman–Crippen LogP) is 6.67. The van der Waals surface area contributed by atoms with Crippen LogP contribution in [0.15, 0.2) is 0 Å². The Labute approximate surface area is 169 Å². The number of hydrogen-bond donors (Lipinski definition) is 2. The lowest BCUT2D eigenvalue weighted by Gasteiger charge is -2.17. The van der Waals surface area contributed by atoms with E-state index in [-0.39, 0.29) is 6.42 Å². The third-order valence-electron chi connectivity index (χ3n) is 5.48. The molecule has 0 aromatic heterocycles. The third kappa shape index (κ3) is 17.7. The van der Waals surface area contributed by atoms with E-state index in [9.17, 15) is 18.1 Å². The van der Waals surface area contributed by atoms with Crippen molar-refractivity contribution in [3.8, 4) is 0 Å². The quantitative estimate of drug-likeness (QED) is 0.175. The fourth-order valence-electron chi connectivity index (χ4n) is 3.64. The maximum absolute atomic E-state index is 11.5. The van der Waals surface area contributed by atoms with Crippen molar-refractivity contribution in [2.45, 2.75) is 141 Å². The van der Waals surface area contributed by atoms with Gasteiger partial charge < -0.3 is 5.11 Å². The van der Waals surface area contributed by atoms with Crippen molar-refractivity contribution in [3.05, 3.63) is 0 Å². The first-order valence-electron chi connectivity index (χ1n) is 11.6. The fraction of sp³-hybridized carbons (Fsp3) is 1.00. The molecular formula is C22H46O4S. The molecular weight excluding hydrogens is 360 g/mol. The Kier molecular flexibility index (Phi) is 17.8. The summed E-state index contributed by atoms with van der Waals surface area (Å²) in [5, 5.41) is 9.13. The molecule has 2 unspecified atom stereocenters. The second-order valence-corrected chi connectivity index (χ2v) is 9.90. The minimum absolute atomic E-state index is 0.164. The first kappa shape index (κ1) is 26.9. The van der Waals surface area contributed by atoms with Crippen LogP contribution in [0.3, 0.4) is 0 Å². The monoisotopic (exact) mass is 406 g/mol. The SMILES string of the molecule is CCCCCCCCCCCCCCCC(CC(O)CCCC)S(=O)(=O)O. The van der Waals surface area contributed by atoms with Gasteiger partial charge in [0.2, 0.25) is 0 Å². The molecule has 0 aromatic carbocycles. The molecule has 2 atom stereocenters. The van der Waals surface area contributed by atoms with Gasteiger partial charge in [-0.1, -0.05) is 110 Å². The molecule has 0 aliphatic rings. The fourth-order valence-corrected chi connectivity index (χ4v) is 4.57. The topological polar surface area (TPSA) is 74.6 Å². The summed E-state index contributed by atoms with van der Waals surface area (Å²) in [6.07, 6.45) is 18.7. The Balaban J connectivity index is 3.66. The summed E-state index contributed by atoms with van der Waals surface area (Å²) in [7, 11) is -4.06. The van der Waals surface area contributed by atoms with Crippen LogP contribution in [0.5, 0.6) is 0 Å². The summed E-state index contributed by atoms with van der Waals surface area (Å²) in [5.74, 6) is 0. The van der Waals surface area contributed by atoms with Crippen molar-refractivity contribution < 1.29 is 18.1 Å². The van der Waals surface area contributed by atoms with Crippen molar-refractivity contribution in [1.29, 1.82) is 0 Å². The lowest BCUT2D eigenvalue weighted by atomic mass is 10.0. The molecule has 0 aliphatic carbocycles. The van der Waals surface area contributed by atoms with Gasteiger partial charge in [-0.15, -0.1) is 0 Å². The zero-order chi connectivity index (χ0) is 20.4. The first-order chi connectivity index (χ1) is 12.9. The molecule has 0 heterocycles. The Bertz CT molecular complexity index is 409. The van der Waals surface area contributed by atoms with Gasteiger partial charge >= 0.3 is 0 Å². The summed E-state index contributed by atoms with van der Waals surface area (Å²) in [6, 6.07) is 0. The molecule has 0 aromatic rings. The highest BCUT2D eigenvalue weighted by atomic mass is 32.2. The van der Waals surface area contributed by atoms with Crippen molar-refractivity contribution in [3.63, 3.8) is 0 Å². The van der Waals surface area contributed by atoms with Crippen LogP contribution in [0.4, 0.5) is 0 Å². The average Bonchev–Trinajstić information content (AvgIpc) is 2.61. The van der Waals surface area contributed by atoms with Crippen molar-refractivity contribution in [2.24, 2.45) is 0 Å². The molecule has 0 radical (unpaired) electrons. The van der Waals surface area contributed by atoms with Crippen LogP contribution in [0.25, 0.3) is 0 Å². The van der Waals surface area contributed by atoms with E-state index in [1.807, 2.05) is 6.92 Å². The Morgan fingerprint density at radius 2 is 1.04 bits per heavy atom. The summed E-state index contributed by atoms with van der Waals surface area (Å²) in [4.78, 5) is 0. The molecule has 0 bridgehead atoms. The van der Waals surface area contributed by atoms with E-state index in [2.05, 4.69) is 6.92 Å². The van der Waals surface area contributed by atoms with E-state index in [0.29, 0.717) is 12.8 Å². The van der Waals surface area contributed by atoms with Gasteiger partial charge in [0.1, 0.15) is 0 Å². The maximum Gasteiger partial charge on any atom is 0.267 e. The second-order valence-electron chi connectivity index (χ2n) is 8.20. The smallest absolute Gasteiger partial charge is 0.267 e. The van der Waals surface area contributed by atoms with Gasteiger partial charge in [0, 0.05) is 0 Å². The third-order valence-corrected chi connectivity index (χ3v) is 6.75. The first-order valence-corrected chi connectivity index (χ1v) is 13.1. The summed E-state index contributed by atoms with van der Waals surface area (Å²) in [6.45, 7) is 4.29. The molecule has 0 fully saturated rings. The molecule has 0 saturated heterocycles. The number of rotatable bonds is 20. The summed E-state index contributed by atoms with van der Waals surface area (Å²) >= 11 is 0. The maximum atomic E-state index is 11.5. The lowest BCUT2D eigenvalue weighted by Crippen LogP contribution is -2.26. The average molecular weight is 407 g/mol. The van der Waals surface area contributed by atoms with Gasteiger partial charge in [-0.05, 0) is 19.3 Å². The van der Waals surface area contributed by atoms with E-state index in [4.69, 9.17) is 0 Å². The largest absolute Gasteiger partial charge is 0.393 e. The molecule has 0 rings (SSSR count). The van der Waals surface area contributed by atoms with Crippen LogP contribution in [0.1, 0.15) is 129 Å². The van der Waals surface area contributed by atoms with Gasteiger partial charge in [0.15, 0.2) is 0 Å². The van der Waals surface area contributed by atoms with Crippen LogP contribution < -0.4 is 0 Å². The van der Waals surface area contributed by atoms with Gasteiger partial charge in [0.05, 0.1) is 11.4 Å². The van der Waals surface area contributed by atoms with E-state index in [0.717, 1.165) is 32.1 Å². The highest BCUT2D eigenvalue weighted by Gasteiger charge is 2.25. The Hall–Kier alpha value is -0.130. The number of aliphatic hydroxyl groups excluding tert-OH is 1. The highest BCUT2D eigenvalue weighted by Crippen LogP contribution is 2.19. The molecule has 27 heavy (non-hydrogen) atoms. The van der Waals surface area contributed by atoms with Crippen LogP contribution in [0, 0.1) is 0 Å². The van der Waals surface area contributed by atoms with Crippen molar-refractivity contribution in [2.75, 3.05) is 0 Å². The number of hydrogen-bond acceptors (Lipinski definition) is 3. The molecule has 4 nitrogen and oxygen atoms in total. The zero-order valence-corrected chi connectivity index (χ0v) is 18.8. The molecule has 164 valence electrons. The van der Waals surface area contributed by atoms with Gasteiger partial charge in [-0.25, -0.2) is 0 Å². The van der Waals surface area contributed by atoms with Crippen LogP contribution in [0.2, 0.25) is 0 Å². The van der Waals surface area contributed by atoms with Gasteiger partial charge in [-0.3, -0.25) is 4.55 Å². The van der Waals surface area contributed by atoms with Crippen molar-refractivity contribution in [1.82, 2.24) is 0 Å². The Morgan fingerprint density at radius 1 is 0.630 bits per heavy atom. The summed E-state index contributed by atoms with van der Waals surface area (Å²) < 4.78 is 32.5. The number of unbranched alkanes of at least 4 members (excludes halogenated alkanes) is 13.